The molecule has 0 saturated carbocycles. The molecule has 0 spiro atoms. The molecule has 1 heterocycles. The number of fused-ring (bicyclic) bond motifs is 1. The summed E-state index contributed by atoms with van der Waals surface area (Å²) in [5.74, 6) is -2.48. The van der Waals surface area contributed by atoms with E-state index in [2.05, 4.69) is 10.6 Å². The molecule has 0 amide bonds. The molecule has 0 unspecified atom stereocenters. The molecule has 8 heteroatoms. The van der Waals surface area contributed by atoms with E-state index in [0.717, 1.165) is 6.07 Å². The van der Waals surface area contributed by atoms with Crippen molar-refractivity contribution in [1.82, 2.24) is 0 Å². The molecular weight excluding hydrogens is 373 g/mol. The van der Waals surface area contributed by atoms with Crippen LogP contribution in [0.4, 0.5) is 24.5 Å². The minimum Gasteiger partial charge on any atom is -0.453 e. The number of halogens is 3. The molecule has 148 valence electrons. The minimum absolute atomic E-state index is 0.0186. The zero-order chi connectivity index (χ0) is 20.3. The predicted molar refractivity (Wildman–Crippen MR) is 102 cm³/mol. The van der Waals surface area contributed by atoms with Crippen LogP contribution in [-0.2, 0) is 4.74 Å². The van der Waals surface area contributed by atoms with E-state index in [1.54, 1.807) is 7.05 Å². The largest absolute Gasteiger partial charge is 0.453 e. The molecule has 28 heavy (non-hydrogen) atoms. The van der Waals surface area contributed by atoms with Gasteiger partial charge in [0.15, 0.2) is 16.8 Å². The first kappa shape index (κ1) is 19.8. The second kappa shape index (κ2) is 8.35. The van der Waals surface area contributed by atoms with Crippen molar-refractivity contribution in [1.29, 1.82) is 0 Å². The Morgan fingerprint density at radius 2 is 1.86 bits per heavy atom. The summed E-state index contributed by atoms with van der Waals surface area (Å²) < 4.78 is 53.1. The molecule has 0 aliphatic heterocycles. The van der Waals surface area contributed by atoms with Crippen LogP contribution in [-0.4, -0.2) is 27.3 Å². The maximum absolute atomic E-state index is 14.3. The first-order chi connectivity index (χ1) is 13.5. The van der Waals surface area contributed by atoms with Gasteiger partial charge >= 0.3 is 0 Å². The Kier molecular flexibility index (Phi) is 5.89. The highest BCUT2D eigenvalue weighted by atomic mass is 19.1. The zero-order valence-electron chi connectivity index (χ0n) is 15.4. The molecule has 0 saturated heterocycles. The Morgan fingerprint density at radius 3 is 2.54 bits per heavy atom. The number of benzene rings is 2. The topological polar surface area (TPSA) is 63.5 Å². The highest BCUT2D eigenvalue weighted by Crippen LogP contribution is 2.31. The van der Waals surface area contributed by atoms with Gasteiger partial charge in [0.25, 0.3) is 0 Å². The van der Waals surface area contributed by atoms with Gasteiger partial charge in [0.1, 0.15) is 17.4 Å². The summed E-state index contributed by atoms with van der Waals surface area (Å²) in [4.78, 5) is 12.6. The summed E-state index contributed by atoms with van der Waals surface area (Å²) in [5.41, 5.74) is -0.640. The third-order valence-electron chi connectivity index (χ3n) is 4.26. The van der Waals surface area contributed by atoms with Crippen LogP contribution >= 0.6 is 0 Å². The summed E-state index contributed by atoms with van der Waals surface area (Å²) in [6.45, 7) is 0.768. The average Bonchev–Trinajstić information content (AvgIpc) is 2.67. The lowest BCUT2D eigenvalue weighted by Gasteiger charge is -2.12. The molecule has 3 rings (SSSR count). The molecule has 5 nitrogen and oxygen atoms in total. The third kappa shape index (κ3) is 3.82. The van der Waals surface area contributed by atoms with Crippen LogP contribution < -0.4 is 16.1 Å². The maximum Gasteiger partial charge on any atom is 0.195 e. The van der Waals surface area contributed by atoms with Crippen LogP contribution in [0.25, 0.3) is 22.3 Å². The van der Waals surface area contributed by atoms with Gasteiger partial charge in [-0.3, -0.25) is 4.79 Å². The second-order valence-corrected chi connectivity index (χ2v) is 6.11. The van der Waals surface area contributed by atoms with E-state index in [-0.39, 0.29) is 28.1 Å². The molecule has 0 atom stereocenters. The first-order valence-electron chi connectivity index (χ1n) is 8.62. The average molecular weight is 392 g/mol. The molecule has 0 bridgehead atoms. The number of nitrogens with one attached hydrogen (secondary N) is 2. The number of rotatable bonds is 7. The Balaban J connectivity index is 2.10. The zero-order valence-corrected chi connectivity index (χ0v) is 15.4. The maximum atomic E-state index is 14.3. The van der Waals surface area contributed by atoms with Gasteiger partial charge in [0, 0.05) is 45.0 Å². The summed E-state index contributed by atoms with van der Waals surface area (Å²) in [6, 6.07) is 5.91. The SMILES string of the molecule is CNc1ccc(-c2cc(=O)c3c(NCCCOC)c(F)cc(F)c3o2)cc1F. The first-order valence-corrected chi connectivity index (χ1v) is 8.62. The van der Waals surface area contributed by atoms with Crippen LogP contribution in [0.3, 0.4) is 0 Å². The van der Waals surface area contributed by atoms with E-state index in [9.17, 15) is 18.0 Å². The lowest BCUT2D eigenvalue weighted by molar-refractivity contribution is 0.198. The highest BCUT2D eigenvalue weighted by molar-refractivity contribution is 5.91. The van der Waals surface area contributed by atoms with E-state index in [0.29, 0.717) is 25.6 Å². The normalized spacial score (nSPS) is 11.0. The smallest absolute Gasteiger partial charge is 0.195 e. The van der Waals surface area contributed by atoms with Crippen molar-refractivity contribution >= 4 is 22.3 Å². The van der Waals surface area contributed by atoms with E-state index in [4.69, 9.17) is 9.15 Å². The van der Waals surface area contributed by atoms with Crippen LogP contribution in [0.1, 0.15) is 6.42 Å². The summed E-state index contributed by atoms with van der Waals surface area (Å²) in [5, 5.41) is 5.24. The quantitative estimate of drug-likeness (QED) is 0.585. The molecule has 2 N–H and O–H groups in total. The Bertz CT molecular complexity index is 1070. The van der Waals surface area contributed by atoms with Gasteiger partial charge in [-0.2, -0.15) is 0 Å². The van der Waals surface area contributed by atoms with Crippen LogP contribution in [0.5, 0.6) is 0 Å². The van der Waals surface area contributed by atoms with Crippen LogP contribution in [0.2, 0.25) is 0 Å². The Labute approximate surface area is 159 Å². The molecule has 0 aliphatic carbocycles. The van der Waals surface area contributed by atoms with E-state index >= 15 is 0 Å². The number of ether oxygens (including phenoxy) is 1. The van der Waals surface area contributed by atoms with Gasteiger partial charge in [0.05, 0.1) is 16.8 Å². The summed E-state index contributed by atoms with van der Waals surface area (Å²) >= 11 is 0. The van der Waals surface area contributed by atoms with Gasteiger partial charge in [0.2, 0.25) is 0 Å². The van der Waals surface area contributed by atoms with E-state index in [1.165, 1.54) is 25.3 Å². The second-order valence-electron chi connectivity index (χ2n) is 6.11. The van der Waals surface area contributed by atoms with Crippen LogP contribution in [0.15, 0.2) is 39.5 Å². The number of methoxy groups -OCH3 is 1. The number of hydrogen-bond acceptors (Lipinski definition) is 5. The Morgan fingerprint density at radius 1 is 1.07 bits per heavy atom. The molecule has 3 aromatic rings. The van der Waals surface area contributed by atoms with Crippen molar-refractivity contribution in [2.24, 2.45) is 0 Å². The van der Waals surface area contributed by atoms with Crippen LogP contribution in [0, 0.1) is 17.5 Å². The fourth-order valence-corrected chi connectivity index (χ4v) is 2.88. The molecule has 2 aromatic carbocycles. The van der Waals surface area contributed by atoms with E-state index < -0.39 is 28.5 Å². The predicted octanol–water partition coefficient (Wildman–Crippen LogP) is 4.37. The van der Waals surface area contributed by atoms with E-state index in [1.807, 2.05) is 0 Å². The van der Waals surface area contributed by atoms with Crippen molar-refractivity contribution in [3.63, 3.8) is 0 Å². The molecule has 1 aromatic heterocycles. The third-order valence-corrected chi connectivity index (χ3v) is 4.26. The van der Waals surface area contributed by atoms with Crippen molar-refractivity contribution in [2.45, 2.75) is 6.42 Å². The molecule has 0 radical (unpaired) electrons. The van der Waals surface area contributed by atoms with Crippen molar-refractivity contribution in [3.05, 3.63) is 58.0 Å². The lowest BCUT2D eigenvalue weighted by atomic mass is 10.1. The van der Waals surface area contributed by atoms with Gasteiger partial charge in [-0.1, -0.05) is 0 Å². The summed E-state index contributed by atoms with van der Waals surface area (Å²) in [7, 11) is 3.11. The monoisotopic (exact) mass is 392 g/mol. The van der Waals surface area contributed by atoms with Gasteiger partial charge in [-0.15, -0.1) is 0 Å². The van der Waals surface area contributed by atoms with Crippen molar-refractivity contribution < 1.29 is 22.3 Å². The number of hydrogen-bond donors (Lipinski definition) is 2. The highest BCUT2D eigenvalue weighted by Gasteiger charge is 2.19. The van der Waals surface area contributed by atoms with Gasteiger partial charge in [-0.25, -0.2) is 13.2 Å². The fourth-order valence-electron chi connectivity index (χ4n) is 2.88. The minimum atomic E-state index is -1.01. The molecule has 0 aliphatic rings. The van der Waals surface area contributed by atoms with Gasteiger partial charge < -0.3 is 19.8 Å². The Hall–Kier alpha value is -3.00. The van der Waals surface area contributed by atoms with Crippen molar-refractivity contribution in [3.8, 4) is 11.3 Å². The van der Waals surface area contributed by atoms with Gasteiger partial charge in [-0.05, 0) is 24.6 Å². The molecular formula is C20H19F3N2O3. The standard InChI is InChI=1S/C20H19F3N2O3/c1-24-15-5-4-11(8-12(15)21)17-10-16(26)18-19(25-6-3-7-27-2)13(22)9-14(23)20(18)28-17/h4-5,8-10,24-25H,3,6-7H2,1-2H3. The lowest BCUT2D eigenvalue weighted by Crippen LogP contribution is -2.11. The number of anilines is 2. The summed E-state index contributed by atoms with van der Waals surface area (Å²) in [6.07, 6.45) is 0.565. The fraction of sp³-hybridized carbons (Fsp3) is 0.250. The molecule has 0 fully saturated rings. The van der Waals surface area contributed by atoms with Crippen molar-refractivity contribution in [2.75, 3.05) is 37.9 Å².